The second kappa shape index (κ2) is 15.7. The van der Waals surface area contributed by atoms with Crippen molar-refractivity contribution in [3.05, 3.63) is 12.2 Å². The Hall–Kier alpha value is -1.32. The normalized spacial score (nSPS) is 16.4. The third-order valence-corrected chi connectivity index (χ3v) is 5.13. The summed E-state index contributed by atoms with van der Waals surface area (Å²) < 4.78 is 11.1. The smallest absolute Gasteiger partial charge is 0.310 e. The van der Waals surface area contributed by atoms with Crippen molar-refractivity contribution >= 4 is 11.9 Å². The van der Waals surface area contributed by atoms with Gasteiger partial charge >= 0.3 is 11.9 Å². The minimum atomic E-state index is -0.423. The molecule has 4 heteroatoms. The van der Waals surface area contributed by atoms with Crippen molar-refractivity contribution in [2.45, 2.75) is 110 Å². The molecule has 4 nitrogen and oxygen atoms in total. The maximum absolute atomic E-state index is 12.6. The lowest BCUT2D eigenvalue weighted by molar-refractivity contribution is -0.160. The molecular formula is C23H40O4. The van der Waals surface area contributed by atoms with Gasteiger partial charge in [0.25, 0.3) is 0 Å². The molecule has 0 radical (unpaired) electrons. The molecule has 27 heavy (non-hydrogen) atoms. The highest BCUT2D eigenvalue weighted by Gasteiger charge is 2.26. The van der Waals surface area contributed by atoms with Crippen LogP contribution in [0.15, 0.2) is 12.2 Å². The van der Waals surface area contributed by atoms with Crippen molar-refractivity contribution in [2.24, 2.45) is 5.92 Å². The van der Waals surface area contributed by atoms with E-state index in [1.807, 2.05) is 6.08 Å². The summed E-state index contributed by atoms with van der Waals surface area (Å²) in [5.41, 5.74) is 0. The van der Waals surface area contributed by atoms with Gasteiger partial charge in [0, 0.05) is 0 Å². The van der Waals surface area contributed by atoms with Gasteiger partial charge in [0.1, 0.15) is 6.10 Å². The van der Waals surface area contributed by atoms with Gasteiger partial charge in [-0.1, -0.05) is 64.5 Å². The fourth-order valence-corrected chi connectivity index (χ4v) is 3.40. The van der Waals surface area contributed by atoms with Gasteiger partial charge in [0.05, 0.1) is 18.9 Å². The lowest BCUT2D eigenvalue weighted by Gasteiger charge is -2.24. The van der Waals surface area contributed by atoms with Crippen molar-refractivity contribution in [3.8, 4) is 0 Å². The van der Waals surface area contributed by atoms with Gasteiger partial charge in [-0.3, -0.25) is 9.59 Å². The second-order valence-electron chi connectivity index (χ2n) is 7.73. The van der Waals surface area contributed by atoms with E-state index in [1.54, 1.807) is 0 Å². The van der Waals surface area contributed by atoms with Crippen molar-refractivity contribution in [3.63, 3.8) is 0 Å². The second-order valence-corrected chi connectivity index (χ2v) is 7.73. The lowest BCUT2D eigenvalue weighted by atomic mass is 9.97. The van der Waals surface area contributed by atoms with Gasteiger partial charge in [-0.05, 0) is 44.9 Å². The molecule has 0 spiro atoms. The van der Waals surface area contributed by atoms with Crippen molar-refractivity contribution in [1.29, 1.82) is 0 Å². The molecule has 0 heterocycles. The van der Waals surface area contributed by atoms with E-state index in [9.17, 15) is 9.59 Å². The Bertz CT molecular complexity index is 424. The summed E-state index contributed by atoms with van der Waals surface area (Å²) in [6.07, 6.45) is 17.9. The first-order chi connectivity index (χ1) is 13.2. The SMILES string of the molecule is CCC/C=C/CC(CC(=O)OCCCCCCC)C(=O)OC1CCCCC1. The van der Waals surface area contributed by atoms with E-state index in [4.69, 9.17) is 9.47 Å². The van der Waals surface area contributed by atoms with Crippen LogP contribution in [-0.2, 0) is 19.1 Å². The molecule has 1 aliphatic carbocycles. The Labute approximate surface area is 166 Å². The van der Waals surface area contributed by atoms with Crippen LogP contribution in [0, 0.1) is 5.92 Å². The Morgan fingerprint density at radius 1 is 0.963 bits per heavy atom. The molecule has 0 aromatic heterocycles. The maximum atomic E-state index is 12.6. The molecule has 0 bridgehead atoms. The van der Waals surface area contributed by atoms with Crippen LogP contribution < -0.4 is 0 Å². The highest BCUT2D eigenvalue weighted by molar-refractivity contribution is 5.80. The van der Waals surface area contributed by atoms with Gasteiger partial charge in [-0.15, -0.1) is 0 Å². The number of unbranched alkanes of at least 4 members (excludes halogenated alkanes) is 5. The Balaban J connectivity index is 2.41. The molecule has 1 atom stereocenters. The molecule has 0 aromatic carbocycles. The zero-order valence-electron chi connectivity index (χ0n) is 17.5. The molecule has 0 N–H and O–H groups in total. The number of esters is 2. The minimum absolute atomic E-state index is 0.0305. The Kier molecular flexibility index (Phi) is 13.8. The van der Waals surface area contributed by atoms with Crippen LogP contribution >= 0.6 is 0 Å². The molecule has 0 aromatic rings. The lowest BCUT2D eigenvalue weighted by Crippen LogP contribution is -2.27. The van der Waals surface area contributed by atoms with Crippen molar-refractivity contribution in [2.75, 3.05) is 6.61 Å². The topological polar surface area (TPSA) is 52.6 Å². The molecule has 156 valence electrons. The Morgan fingerprint density at radius 2 is 1.70 bits per heavy atom. The van der Waals surface area contributed by atoms with Gasteiger partial charge in [0.15, 0.2) is 0 Å². The van der Waals surface area contributed by atoms with E-state index in [1.165, 1.54) is 25.7 Å². The molecule has 1 aliphatic rings. The summed E-state index contributed by atoms with van der Waals surface area (Å²) >= 11 is 0. The highest BCUT2D eigenvalue weighted by Crippen LogP contribution is 2.23. The highest BCUT2D eigenvalue weighted by atomic mass is 16.5. The van der Waals surface area contributed by atoms with Gasteiger partial charge in [-0.2, -0.15) is 0 Å². The first-order valence-corrected chi connectivity index (χ1v) is 11.2. The van der Waals surface area contributed by atoms with Crippen LogP contribution in [0.3, 0.4) is 0 Å². The molecule has 0 saturated heterocycles. The average molecular weight is 381 g/mol. The Morgan fingerprint density at radius 3 is 2.41 bits per heavy atom. The fraction of sp³-hybridized carbons (Fsp3) is 0.826. The van der Waals surface area contributed by atoms with E-state index in [2.05, 4.69) is 19.9 Å². The summed E-state index contributed by atoms with van der Waals surface area (Å²) in [5, 5.41) is 0. The first-order valence-electron chi connectivity index (χ1n) is 11.2. The minimum Gasteiger partial charge on any atom is -0.466 e. The largest absolute Gasteiger partial charge is 0.466 e. The molecular weight excluding hydrogens is 340 g/mol. The zero-order valence-corrected chi connectivity index (χ0v) is 17.5. The van der Waals surface area contributed by atoms with Crippen LogP contribution in [0.5, 0.6) is 0 Å². The molecule has 1 rings (SSSR count). The molecule has 0 amide bonds. The number of hydrogen-bond donors (Lipinski definition) is 0. The third kappa shape index (κ3) is 11.9. The van der Waals surface area contributed by atoms with Crippen molar-refractivity contribution in [1.82, 2.24) is 0 Å². The average Bonchev–Trinajstić information content (AvgIpc) is 2.67. The number of allylic oxidation sites excluding steroid dienone is 2. The third-order valence-electron chi connectivity index (χ3n) is 5.13. The van der Waals surface area contributed by atoms with Crippen LogP contribution in [0.2, 0.25) is 0 Å². The van der Waals surface area contributed by atoms with E-state index in [-0.39, 0.29) is 24.5 Å². The van der Waals surface area contributed by atoms with Crippen LogP contribution in [0.4, 0.5) is 0 Å². The molecule has 1 unspecified atom stereocenters. The fourth-order valence-electron chi connectivity index (χ4n) is 3.40. The van der Waals surface area contributed by atoms with Crippen LogP contribution in [0.25, 0.3) is 0 Å². The van der Waals surface area contributed by atoms with Gasteiger partial charge < -0.3 is 9.47 Å². The molecule has 1 fully saturated rings. The number of ether oxygens (including phenoxy) is 2. The van der Waals surface area contributed by atoms with Crippen molar-refractivity contribution < 1.29 is 19.1 Å². The maximum Gasteiger partial charge on any atom is 0.310 e. The predicted molar refractivity (Wildman–Crippen MR) is 109 cm³/mol. The van der Waals surface area contributed by atoms with Gasteiger partial charge in [-0.25, -0.2) is 0 Å². The summed E-state index contributed by atoms with van der Waals surface area (Å²) in [4.78, 5) is 24.8. The summed E-state index contributed by atoms with van der Waals surface area (Å²) in [6, 6.07) is 0. The van der Waals surface area contributed by atoms with E-state index in [0.717, 1.165) is 51.4 Å². The monoisotopic (exact) mass is 380 g/mol. The number of rotatable bonds is 14. The van der Waals surface area contributed by atoms with Crippen LogP contribution in [0.1, 0.15) is 104 Å². The summed E-state index contributed by atoms with van der Waals surface area (Å²) in [7, 11) is 0. The zero-order chi connectivity index (χ0) is 19.7. The number of carbonyl (C=O) groups is 2. The van der Waals surface area contributed by atoms with E-state index < -0.39 is 5.92 Å². The molecule has 0 aliphatic heterocycles. The predicted octanol–water partition coefficient (Wildman–Crippen LogP) is 6.13. The first kappa shape index (κ1) is 23.7. The molecule has 1 saturated carbocycles. The van der Waals surface area contributed by atoms with Gasteiger partial charge in [0.2, 0.25) is 0 Å². The van der Waals surface area contributed by atoms with Crippen LogP contribution in [-0.4, -0.2) is 24.6 Å². The quantitative estimate of drug-likeness (QED) is 0.207. The van der Waals surface area contributed by atoms with E-state index in [0.29, 0.717) is 13.0 Å². The van der Waals surface area contributed by atoms with E-state index >= 15 is 0 Å². The number of hydrogen-bond acceptors (Lipinski definition) is 4. The standard InChI is InChI=1S/C23H40O4/c1-3-5-7-9-14-18-26-22(24)19-20(15-11-8-6-4-2)23(25)27-21-16-12-10-13-17-21/h8,11,20-21H,3-7,9-10,12-19H2,1-2H3/b11-8+. The summed E-state index contributed by atoms with van der Waals surface area (Å²) in [5.74, 6) is -0.935. The summed E-state index contributed by atoms with van der Waals surface area (Å²) in [6.45, 7) is 4.76. The number of carbonyl (C=O) groups excluding carboxylic acids is 2.